The number of aliphatic hydroxyl groups excluding tert-OH is 1. The summed E-state index contributed by atoms with van der Waals surface area (Å²) >= 11 is 0. The lowest BCUT2D eigenvalue weighted by Crippen LogP contribution is -2.25. The molecule has 1 unspecified atom stereocenters. The van der Waals surface area contributed by atoms with Gasteiger partial charge in [0.25, 0.3) is 0 Å². The summed E-state index contributed by atoms with van der Waals surface area (Å²) in [6.07, 6.45) is 0.384. The molecule has 1 aliphatic rings. The lowest BCUT2D eigenvalue weighted by molar-refractivity contribution is -0.117. The monoisotopic (exact) mass is 222 g/mol. The van der Waals surface area contributed by atoms with Gasteiger partial charge in [0.05, 0.1) is 7.11 Å². The van der Waals surface area contributed by atoms with Gasteiger partial charge in [0.15, 0.2) is 0 Å². The van der Waals surface area contributed by atoms with Gasteiger partial charge in [0, 0.05) is 31.6 Å². The summed E-state index contributed by atoms with van der Waals surface area (Å²) in [7, 11) is 1.54. The van der Waals surface area contributed by atoms with Gasteiger partial charge < -0.3 is 9.84 Å². The number of pyridine rings is 1. The van der Waals surface area contributed by atoms with Crippen molar-refractivity contribution in [2.75, 3.05) is 25.2 Å². The molecule has 5 nitrogen and oxygen atoms in total. The highest BCUT2D eigenvalue weighted by molar-refractivity contribution is 5.94. The summed E-state index contributed by atoms with van der Waals surface area (Å²) in [6.45, 7) is 0.557. The number of methoxy groups -OCH3 is 1. The molecule has 1 fully saturated rings. The number of amides is 1. The Morgan fingerprint density at radius 3 is 3.06 bits per heavy atom. The molecule has 0 aromatic carbocycles. The largest absolute Gasteiger partial charge is 0.481 e. The van der Waals surface area contributed by atoms with Crippen LogP contribution in [0.3, 0.4) is 0 Å². The second-order valence-electron chi connectivity index (χ2n) is 3.80. The zero-order valence-electron chi connectivity index (χ0n) is 9.09. The third kappa shape index (κ3) is 1.99. The SMILES string of the molecule is COc1cccc(N2CC(CO)CC2=O)n1. The maximum atomic E-state index is 11.7. The van der Waals surface area contributed by atoms with E-state index in [2.05, 4.69) is 4.98 Å². The van der Waals surface area contributed by atoms with Gasteiger partial charge in [-0.25, -0.2) is 0 Å². The van der Waals surface area contributed by atoms with Crippen molar-refractivity contribution in [2.45, 2.75) is 6.42 Å². The molecule has 0 aliphatic carbocycles. The number of nitrogens with zero attached hydrogens (tertiary/aromatic N) is 2. The number of aromatic nitrogens is 1. The normalized spacial score (nSPS) is 20.2. The second-order valence-corrected chi connectivity index (χ2v) is 3.80. The molecule has 1 aromatic rings. The van der Waals surface area contributed by atoms with E-state index in [1.165, 1.54) is 7.11 Å². The van der Waals surface area contributed by atoms with Crippen LogP contribution < -0.4 is 9.64 Å². The van der Waals surface area contributed by atoms with Crippen molar-refractivity contribution >= 4 is 11.7 Å². The fourth-order valence-corrected chi connectivity index (χ4v) is 1.79. The zero-order valence-corrected chi connectivity index (χ0v) is 9.09. The summed E-state index contributed by atoms with van der Waals surface area (Å²) in [5, 5.41) is 9.03. The number of aliphatic hydroxyl groups is 1. The molecule has 0 bridgehead atoms. The predicted molar refractivity (Wildman–Crippen MR) is 58.3 cm³/mol. The molecule has 1 atom stereocenters. The maximum Gasteiger partial charge on any atom is 0.228 e. The van der Waals surface area contributed by atoms with Crippen LogP contribution in [0.2, 0.25) is 0 Å². The lowest BCUT2D eigenvalue weighted by Gasteiger charge is -2.15. The van der Waals surface area contributed by atoms with Crippen LogP contribution in [-0.4, -0.2) is 36.3 Å². The van der Waals surface area contributed by atoms with E-state index in [1.807, 2.05) is 0 Å². The summed E-state index contributed by atoms with van der Waals surface area (Å²) in [6, 6.07) is 5.29. The van der Waals surface area contributed by atoms with Gasteiger partial charge in [0.1, 0.15) is 5.82 Å². The first-order chi connectivity index (χ1) is 7.74. The first-order valence-electron chi connectivity index (χ1n) is 5.17. The van der Waals surface area contributed by atoms with E-state index in [1.54, 1.807) is 23.1 Å². The maximum absolute atomic E-state index is 11.7. The van der Waals surface area contributed by atoms with Crippen LogP contribution >= 0.6 is 0 Å². The average molecular weight is 222 g/mol. The average Bonchev–Trinajstić information content (AvgIpc) is 2.71. The number of hydrogen-bond donors (Lipinski definition) is 1. The standard InChI is InChI=1S/C11H14N2O3/c1-16-10-4-2-3-9(12-10)13-6-8(7-14)5-11(13)15/h2-4,8,14H,5-7H2,1H3. The molecule has 2 heterocycles. The fraction of sp³-hybridized carbons (Fsp3) is 0.455. The summed E-state index contributed by atoms with van der Waals surface area (Å²) in [5.41, 5.74) is 0. The van der Waals surface area contributed by atoms with Crippen LogP contribution in [0.4, 0.5) is 5.82 Å². The number of rotatable bonds is 3. The Morgan fingerprint density at radius 1 is 1.62 bits per heavy atom. The topological polar surface area (TPSA) is 62.7 Å². The molecule has 1 amide bonds. The lowest BCUT2D eigenvalue weighted by atomic mass is 10.1. The minimum absolute atomic E-state index is 0.000182. The number of carbonyl (C=O) groups is 1. The zero-order chi connectivity index (χ0) is 11.5. The summed E-state index contributed by atoms with van der Waals surface area (Å²) < 4.78 is 5.00. The Kier molecular flexibility index (Phi) is 3.05. The molecule has 0 spiro atoms. The quantitative estimate of drug-likeness (QED) is 0.805. The summed E-state index contributed by atoms with van der Waals surface area (Å²) in [4.78, 5) is 17.5. The minimum atomic E-state index is -0.000182. The Hall–Kier alpha value is -1.62. The molecule has 0 saturated carbocycles. The molecule has 0 radical (unpaired) electrons. The van der Waals surface area contributed by atoms with Crippen LogP contribution in [0.25, 0.3) is 0 Å². The molecular formula is C11H14N2O3. The van der Waals surface area contributed by atoms with Crippen molar-refractivity contribution in [3.63, 3.8) is 0 Å². The molecular weight excluding hydrogens is 208 g/mol. The van der Waals surface area contributed by atoms with Gasteiger partial charge >= 0.3 is 0 Å². The van der Waals surface area contributed by atoms with Gasteiger partial charge in [0.2, 0.25) is 11.8 Å². The number of anilines is 1. The van der Waals surface area contributed by atoms with E-state index in [-0.39, 0.29) is 18.4 Å². The van der Waals surface area contributed by atoms with Crippen molar-refractivity contribution in [1.29, 1.82) is 0 Å². The molecule has 5 heteroatoms. The first kappa shape index (κ1) is 10.9. The Labute approximate surface area is 93.7 Å². The third-order valence-electron chi connectivity index (χ3n) is 2.66. The second kappa shape index (κ2) is 4.49. The van der Waals surface area contributed by atoms with E-state index < -0.39 is 0 Å². The van der Waals surface area contributed by atoms with Crippen LogP contribution in [0.5, 0.6) is 5.88 Å². The van der Waals surface area contributed by atoms with Crippen molar-refractivity contribution in [3.05, 3.63) is 18.2 Å². The fourth-order valence-electron chi connectivity index (χ4n) is 1.79. The Balaban J connectivity index is 2.20. The van der Waals surface area contributed by atoms with Crippen molar-refractivity contribution in [2.24, 2.45) is 5.92 Å². The smallest absolute Gasteiger partial charge is 0.228 e. The van der Waals surface area contributed by atoms with Crippen molar-refractivity contribution in [1.82, 2.24) is 4.98 Å². The minimum Gasteiger partial charge on any atom is -0.481 e. The van der Waals surface area contributed by atoms with E-state index in [0.29, 0.717) is 24.7 Å². The third-order valence-corrected chi connectivity index (χ3v) is 2.66. The van der Waals surface area contributed by atoms with Gasteiger partial charge in [-0.2, -0.15) is 4.98 Å². The number of hydrogen-bond acceptors (Lipinski definition) is 4. The molecule has 1 N–H and O–H groups in total. The van der Waals surface area contributed by atoms with Gasteiger partial charge in [-0.15, -0.1) is 0 Å². The Bertz CT molecular complexity index is 395. The first-order valence-corrected chi connectivity index (χ1v) is 5.17. The highest BCUT2D eigenvalue weighted by atomic mass is 16.5. The summed E-state index contributed by atoms with van der Waals surface area (Å²) in [5.74, 6) is 1.08. The molecule has 1 saturated heterocycles. The van der Waals surface area contributed by atoms with Crippen LogP contribution in [0, 0.1) is 5.92 Å². The van der Waals surface area contributed by atoms with E-state index in [9.17, 15) is 4.79 Å². The van der Waals surface area contributed by atoms with Crippen LogP contribution in [0.15, 0.2) is 18.2 Å². The molecule has 1 aliphatic heterocycles. The highest BCUT2D eigenvalue weighted by Gasteiger charge is 2.30. The molecule has 16 heavy (non-hydrogen) atoms. The van der Waals surface area contributed by atoms with Crippen LogP contribution in [0.1, 0.15) is 6.42 Å². The predicted octanol–water partition coefficient (Wildman–Crippen LogP) is 0.435. The van der Waals surface area contributed by atoms with Crippen LogP contribution in [-0.2, 0) is 4.79 Å². The Morgan fingerprint density at radius 2 is 2.44 bits per heavy atom. The number of ether oxygens (including phenoxy) is 1. The highest BCUT2D eigenvalue weighted by Crippen LogP contribution is 2.24. The van der Waals surface area contributed by atoms with Crippen molar-refractivity contribution in [3.8, 4) is 5.88 Å². The van der Waals surface area contributed by atoms with Gasteiger partial charge in [-0.1, -0.05) is 6.07 Å². The number of carbonyl (C=O) groups excluding carboxylic acids is 1. The molecule has 86 valence electrons. The van der Waals surface area contributed by atoms with Crippen molar-refractivity contribution < 1.29 is 14.6 Å². The van der Waals surface area contributed by atoms with E-state index in [4.69, 9.17) is 9.84 Å². The molecule has 1 aromatic heterocycles. The van der Waals surface area contributed by atoms with E-state index in [0.717, 1.165) is 0 Å². The van der Waals surface area contributed by atoms with Gasteiger partial charge in [-0.3, -0.25) is 9.69 Å². The van der Waals surface area contributed by atoms with Gasteiger partial charge in [-0.05, 0) is 6.07 Å². The molecule has 2 rings (SSSR count). The van der Waals surface area contributed by atoms with E-state index >= 15 is 0 Å².